The van der Waals surface area contributed by atoms with Gasteiger partial charge in [-0.25, -0.2) is 8.42 Å². The minimum atomic E-state index is -3.24. The highest BCUT2D eigenvalue weighted by Crippen LogP contribution is 2.25. The van der Waals surface area contributed by atoms with Crippen molar-refractivity contribution >= 4 is 15.7 Å². The Bertz CT molecular complexity index is 491. The third-order valence-corrected chi connectivity index (χ3v) is 5.10. The van der Waals surface area contributed by atoms with Gasteiger partial charge in [0.15, 0.2) is 0 Å². The molecule has 19 heavy (non-hydrogen) atoms. The number of hydrogen-bond donors (Lipinski definition) is 2. The van der Waals surface area contributed by atoms with Crippen LogP contribution in [0.2, 0.25) is 0 Å². The van der Waals surface area contributed by atoms with Crippen LogP contribution in [0, 0.1) is 5.92 Å². The number of hydrogen-bond acceptors (Lipinski definition) is 3. The Labute approximate surface area is 115 Å². The molecule has 1 aliphatic carbocycles. The van der Waals surface area contributed by atoms with E-state index in [4.69, 9.17) is 5.73 Å². The van der Waals surface area contributed by atoms with E-state index in [1.54, 1.807) is 12.1 Å². The molecule has 0 unspecified atom stereocenters. The summed E-state index contributed by atoms with van der Waals surface area (Å²) >= 11 is 0. The van der Waals surface area contributed by atoms with Gasteiger partial charge in [-0.2, -0.15) is 0 Å². The smallest absolute Gasteiger partial charge is 0.232 e. The number of anilines is 1. The fraction of sp³-hybridized carbons (Fsp3) is 0.571. The van der Waals surface area contributed by atoms with E-state index in [1.165, 1.54) is 6.42 Å². The Morgan fingerprint density at radius 3 is 2.32 bits per heavy atom. The van der Waals surface area contributed by atoms with Crippen LogP contribution in [0.5, 0.6) is 0 Å². The number of nitrogens with one attached hydrogen (secondary N) is 1. The standard InChI is InChI=1S/C14H22N2O2S/c15-10-12-6-8-14(9-7-12)16-19(17,18)11-13-4-2-1-3-5-13/h6-9,13,16H,1-5,10-11,15H2. The van der Waals surface area contributed by atoms with E-state index in [0.29, 0.717) is 18.2 Å². The van der Waals surface area contributed by atoms with Gasteiger partial charge in [0.1, 0.15) is 0 Å². The zero-order valence-electron chi connectivity index (χ0n) is 11.1. The molecule has 0 saturated heterocycles. The predicted octanol–water partition coefficient (Wildman–Crippen LogP) is 2.47. The van der Waals surface area contributed by atoms with E-state index in [-0.39, 0.29) is 5.75 Å². The molecule has 1 fully saturated rings. The molecule has 0 heterocycles. The molecule has 3 N–H and O–H groups in total. The molecule has 0 radical (unpaired) electrons. The molecule has 0 aromatic heterocycles. The van der Waals surface area contributed by atoms with E-state index in [1.807, 2.05) is 12.1 Å². The zero-order valence-corrected chi connectivity index (χ0v) is 12.0. The van der Waals surface area contributed by atoms with Gasteiger partial charge in [-0.1, -0.05) is 31.4 Å². The highest BCUT2D eigenvalue weighted by atomic mass is 32.2. The topological polar surface area (TPSA) is 72.2 Å². The summed E-state index contributed by atoms with van der Waals surface area (Å²) in [5.74, 6) is 0.556. The Hall–Kier alpha value is -1.07. The third-order valence-electron chi connectivity index (χ3n) is 3.64. The summed E-state index contributed by atoms with van der Waals surface area (Å²) in [6, 6.07) is 7.22. The van der Waals surface area contributed by atoms with E-state index in [2.05, 4.69) is 4.72 Å². The minimum absolute atomic E-state index is 0.242. The van der Waals surface area contributed by atoms with Crippen LogP contribution in [-0.2, 0) is 16.6 Å². The summed E-state index contributed by atoms with van der Waals surface area (Å²) in [5.41, 5.74) is 7.13. The van der Waals surface area contributed by atoms with Crippen LogP contribution < -0.4 is 10.5 Å². The summed E-state index contributed by atoms with van der Waals surface area (Å²) in [7, 11) is -3.24. The molecule has 106 valence electrons. The first-order chi connectivity index (χ1) is 9.09. The van der Waals surface area contributed by atoms with E-state index in [9.17, 15) is 8.42 Å². The normalized spacial score (nSPS) is 17.3. The molecular formula is C14H22N2O2S. The lowest BCUT2D eigenvalue weighted by atomic mass is 9.91. The molecule has 1 aliphatic rings. The van der Waals surface area contributed by atoms with Crippen molar-refractivity contribution in [2.45, 2.75) is 38.6 Å². The fourth-order valence-electron chi connectivity index (χ4n) is 2.59. The molecule has 2 rings (SSSR count). The van der Waals surface area contributed by atoms with Crippen LogP contribution >= 0.6 is 0 Å². The van der Waals surface area contributed by atoms with Gasteiger partial charge in [0.25, 0.3) is 0 Å². The predicted molar refractivity (Wildman–Crippen MR) is 78.3 cm³/mol. The molecule has 0 bridgehead atoms. The van der Waals surface area contributed by atoms with Crippen molar-refractivity contribution in [1.82, 2.24) is 0 Å². The first-order valence-corrected chi connectivity index (χ1v) is 8.54. The Morgan fingerprint density at radius 2 is 1.74 bits per heavy atom. The maximum Gasteiger partial charge on any atom is 0.232 e. The zero-order chi connectivity index (χ0) is 13.7. The highest BCUT2D eigenvalue weighted by molar-refractivity contribution is 7.92. The number of rotatable bonds is 5. The molecule has 1 aromatic carbocycles. The third kappa shape index (κ3) is 4.51. The number of nitrogens with two attached hydrogens (primary N) is 1. The van der Waals surface area contributed by atoms with Gasteiger partial charge in [-0.15, -0.1) is 0 Å². The summed E-state index contributed by atoms with van der Waals surface area (Å²) in [4.78, 5) is 0. The van der Waals surface area contributed by atoms with Gasteiger partial charge in [0.05, 0.1) is 5.75 Å². The van der Waals surface area contributed by atoms with E-state index >= 15 is 0 Å². The maximum absolute atomic E-state index is 12.1. The van der Waals surface area contributed by atoms with Crippen molar-refractivity contribution in [2.75, 3.05) is 10.5 Å². The molecule has 0 amide bonds. The van der Waals surface area contributed by atoms with Crippen molar-refractivity contribution in [3.8, 4) is 0 Å². The van der Waals surface area contributed by atoms with Gasteiger partial charge in [0, 0.05) is 12.2 Å². The van der Waals surface area contributed by atoms with Crippen molar-refractivity contribution < 1.29 is 8.42 Å². The number of sulfonamides is 1. The van der Waals surface area contributed by atoms with Crippen LogP contribution in [0.25, 0.3) is 0 Å². The summed E-state index contributed by atoms with van der Waals surface area (Å²) in [6.45, 7) is 0.467. The molecule has 4 nitrogen and oxygen atoms in total. The lowest BCUT2D eigenvalue weighted by Crippen LogP contribution is -2.24. The second kappa shape index (κ2) is 6.39. The second-order valence-corrected chi connectivity index (χ2v) is 7.06. The first kappa shape index (κ1) is 14.3. The van der Waals surface area contributed by atoms with Crippen molar-refractivity contribution in [3.05, 3.63) is 29.8 Å². The quantitative estimate of drug-likeness (QED) is 0.871. The molecule has 0 aliphatic heterocycles. The van der Waals surface area contributed by atoms with Crippen LogP contribution in [0.15, 0.2) is 24.3 Å². The Kier molecular flexibility index (Phi) is 4.82. The molecule has 1 aromatic rings. The van der Waals surface area contributed by atoms with Crippen LogP contribution in [0.4, 0.5) is 5.69 Å². The largest absolute Gasteiger partial charge is 0.326 e. The summed E-state index contributed by atoms with van der Waals surface area (Å²) < 4.78 is 26.8. The average molecular weight is 282 g/mol. The second-order valence-electron chi connectivity index (χ2n) is 5.29. The molecule has 0 spiro atoms. The van der Waals surface area contributed by atoms with Crippen molar-refractivity contribution in [1.29, 1.82) is 0 Å². The van der Waals surface area contributed by atoms with Gasteiger partial charge in [-0.05, 0) is 36.5 Å². The average Bonchev–Trinajstić information content (AvgIpc) is 2.39. The van der Waals surface area contributed by atoms with E-state index in [0.717, 1.165) is 31.2 Å². The van der Waals surface area contributed by atoms with Gasteiger partial charge >= 0.3 is 0 Å². The van der Waals surface area contributed by atoms with Gasteiger partial charge in [0.2, 0.25) is 10.0 Å². The van der Waals surface area contributed by atoms with Crippen LogP contribution in [0.1, 0.15) is 37.7 Å². The molecular weight excluding hydrogens is 260 g/mol. The van der Waals surface area contributed by atoms with Gasteiger partial charge < -0.3 is 5.73 Å². The first-order valence-electron chi connectivity index (χ1n) is 6.88. The van der Waals surface area contributed by atoms with Crippen molar-refractivity contribution in [3.63, 3.8) is 0 Å². The molecule has 5 heteroatoms. The lowest BCUT2D eigenvalue weighted by Gasteiger charge is -2.21. The maximum atomic E-state index is 12.1. The van der Waals surface area contributed by atoms with E-state index < -0.39 is 10.0 Å². The number of benzene rings is 1. The highest BCUT2D eigenvalue weighted by Gasteiger charge is 2.21. The molecule has 0 atom stereocenters. The fourth-order valence-corrected chi connectivity index (χ4v) is 4.13. The monoisotopic (exact) mass is 282 g/mol. The van der Waals surface area contributed by atoms with Crippen LogP contribution in [-0.4, -0.2) is 14.2 Å². The lowest BCUT2D eigenvalue weighted by molar-refractivity contribution is 0.385. The van der Waals surface area contributed by atoms with Crippen molar-refractivity contribution in [2.24, 2.45) is 11.7 Å². The SMILES string of the molecule is NCc1ccc(NS(=O)(=O)CC2CCCCC2)cc1. The molecule has 1 saturated carbocycles. The van der Waals surface area contributed by atoms with Gasteiger partial charge in [-0.3, -0.25) is 4.72 Å². The minimum Gasteiger partial charge on any atom is -0.326 e. The van der Waals surface area contributed by atoms with Crippen LogP contribution in [0.3, 0.4) is 0 Å². The Balaban J connectivity index is 1.95. The Morgan fingerprint density at radius 1 is 1.11 bits per heavy atom. The summed E-state index contributed by atoms with van der Waals surface area (Å²) in [6.07, 6.45) is 5.63. The summed E-state index contributed by atoms with van der Waals surface area (Å²) in [5, 5.41) is 0.